The number of amides is 1. The van der Waals surface area contributed by atoms with Gasteiger partial charge in [0.2, 0.25) is 0 Å². The lowest BCUT2D eigenvalue weighted by atomic mass is 10.1. The quantitative estimate of drug-likeness (QED) is 0.308. The zero-order valence-corrected chi connectivity index (χ0v) is 20.7. The minimum Gasteiger partial charge on any atom is -0.345 e. The van der Waals surface area contributed by atoms with Crippen molar-refractivity contribution in [3.63, 3.8) is 0 Å². The Morgan fingerprint density at radius 1 is 0.941 bits per heavy atom. The number of hydrogen-bond donors (Lipinski definition) is 0. The van der Waals surface area contributed by atoms with Crippen molar-refractivity contribution in [1.29, 1.82) is 0 Å². The molecule has 170 valence electrons. The van der Waals surface area contributed by atoms with Crippen LogP contribution in [0.15, 0.2) is 60.0 Å². The van der Waals surface area contributed by atoms with Crippen molar-refractivity contribution in [1.82, 2.24) is 14.9 Å². The molecule has 0 aliphatic carbocycles. The zero-order chi connectivity index (χ0) is 23.2. The number of fused-ring (bicyclic) bond motifs is 2. The van der Waals surface area contributed by atoms with Gasteiger partial charge in [0.25, 0.3) is 5.91 Å². The van der Waals surface area contributed by atoms with Crippen LogP contribution < -0.4 is 4.90 Å². The fourth-order valence-corrected chi connectivity index (χ4v) is 6.29. The van der Waals surface area contributed by atoms with Crippen molar-refractivity contribution in [2.24, 2.45) is 0 Å². The molecule has 4 heterocycles. The summed E-state index contributed by atoms with van der Waals surface area (Å²) in [5.74, 6) is 0.0758. The second kappa shape index (κ2) is 8.49. The van der Waals surface area contributed by atoms with E-state index in [1.807, 2.05) is 46.7 Å². The van der Waals surface area contributed by atoms with Crippen LogP contribution >= 0.6 is 22.7 Å². The highest BCUT2D eigenvalue weighted by Gasteiger charge is 2.26. The number of thiazole rings is 1. The number of para-hydroxylation sites is 1. The van der Waals surface area contributed by atoms with Gasteiger partial charge >= 0.3 is 0 Å². The highest BCUT2D eigenvalue weighted by atomic mass is 32.1. The van der Waals surface area contributed by atoms with E-state index in [4.69, 9.17) is 9.97 Å². The van der Waals surface area contributed by atoms with Crippen LogP contribution in [0, 0.1) is 13.8 Å². The van der Waals surface area contributed by atoms with E-state index in [9.17, 15) is 4.79 Å². The van der Waals surface area contributed by atoms with Gasteiger partial charge in [0.1, 0.15) is 0 Å². The molecular weight excluding hydrogens is 460 g/mol. The molecule has 34 heavy (non-hydrogen) atoms. The van der Waals surface area contributed by atoms with Gasteiger partial charge in [0.05, 0.1) is 31.9 Å². The molecule has 3 aromatic heterocycles. The third-order valence-corrected chi connectivity index (χ3v) is 8.60. The number of rotatable bonds is 3. The Kier molecular flexibility index (Phi) is 5.31. The molecule has 1 amide bonds. The number of thiophene rings is 1. The Morgan fingerprint density at radius 3 is 2.56 bits per heavy atom. The van der Waals surface area contributed by atoms with Crippen LogP contribution in [-0.2, 0) is 0 Å². The fraction of sp³-hybridized carbons (Fsp3) is 0.222. The Labute approximate surface area is 206 Å². The largest absolute Gasteiger partial charge is 0.345 e. The number of pyridine rings is 1. The number of piperazine rings is 1. The number of aromatic nitrogens is 2. The Hall–Kier alpha value is -3.29. The average Bonchev–Trinajstić information content (AvgIpc) is 3.56. The van der Waals surface area contributed by atoms with Crippen LogP contribution in [-0.4, -0.2) is 47.0 Å². The highest BCUT2D eigenvalue weighted by molar-refractivity contribution is 7.22. The molecule has 7 heteroatoms. The first-order valence-electron chi connectivity index (χ1n) is 11.4. The number of aryl methyl sites for hydroxylation is 2. The van der Waals surface area contributed by atoms with Crippen LogP contribution in [0.3, 0.4) is 0 Å². The van der Waals surface area contributed by atoms with Crippen LogP contribution in [0.2, 0.25) is 0 Å². The second-order valence-electron chi connectivity index (χ2n) is 8.68. The van der Waals surface area contributed by atoms with Gasteiger partial charge in [-0.15, -0.1) is 11.3 Å². The fourth-order valence-electron chi connectivity index (χ4n) is 4.52. The van der Waals surface area contributed by atoms with Crippen molar-refractivity contribution < 1.29 is 4.79 Å². The first-order chi connectivity index (χ1) is 16.6. The van der Waals surface area contributed by atoms with Gasteiger partial charge in [-0.25, -0.2) is 9.97 Å². The maximum Gasteiger partial charge on any atom is 0.254 e. The van der Waals surface area contributed by atoms with E-state index >= 15 is 0 Å². The Balaban J connectivity index is 1.26. The molecule has 0 N–H and O–H groups in total. The lowest BCUT2D eigenvalue weighted by Gasteiger charge is -2.34. The minimum atomic E-state index is 0.0758. The molecule has 5 aromatic rings. The standard InChI is InChI=1S/C27H24N4OS2/c1-17-9-10-24-25(18(17)2)29-27(34-24)31-13-11-30(12-14-31)26(32)20-16-22(23-8-5-15-33-23)28-21-7-4-3-6-19(20)21/h3-10,15-16H,11-14H2,1-2H3. The van der Waals surface area contributed by atoms with Crippen molar-refractivity contribution >= 4 is 54.8 Å². The molecule has 0 unspecified atom stereocenters. The molecule has 6 rings (SSSR count). The number of carbonyl (C=O) groups excluding carboxylic acids is 1. The van der Waals surface area contributed by atoms with Crippen LogP contribution in [0.5, 0.6) is 0 Å². The first-order valence-corrected chi connectivity index (χ1v) is 13.1. The molecule has 0 saturated carbocycles. The molecule has 1 saturated heterocycles. The summed E-state index contributed by atoms with van der Waals surface area (Å²) in [5.41, 5.74) is 6.06. The molecule has 0 spiro atoms. The van der Waals surface area contributed by atoms with Gasteiger partial charge in [0, 0.05) is 31.6 Å². The summed E-state index contributed by atoms with van der Waals surface area (Å²) in [7, 11) is 0. The number of nitrogens with zero attached hydrogens (tertiary/aromatic N) is 4. The van der Waals surface area contributed by atoms with Crippen LogP contribution in [0.1, 0.15) is 21.5 Å². The van der Waals surface area contributed by atoms with Gasteiger partial charge in [0.15, 0.2) is 5.13 Å². The van der Waals surface area contributed by atoms with Crippen molar-refractivity contribution in [3.8, 4) is 10.6 Å². The summed E-state index contributed by atoms with van der Waals surface area (Å²) in [6.45, 7) is 7.19. The van der Waals surface area contributed by atoms with E-state index in [0.717, 1.165) is 50.8 Å². The molecule has 0 bridgehead atoms. The summed E-state index contributed by atoms with van der Waals surface area (Å²) in [4.78, 5) is 28.8. The predicted molar refractivity (Wildman–Crippen MR) is 142 cm³/mol. The zero-order valence-electron chi connectivity index (χ0n) is 19.1. The molecule has 5 nitrogen and oxygen atoms in total. The number of carbonyl (C=O) groups is 1. The van der Waals surface area contributed by atoms with Gasteiger partial charge in [-0.3, -0.25) is 4.79 Å². The smallest absolute Gasteiger partial charge is 0.254 e. The molecular formula is C27H24N4OS2. The van der Waals surface area contributed by atoms with E-state index in [1.165, 1.54) is 15.8 Å². The van der Waals surface area contributed by atoms with Crippen LogP contribution in [0.25, 0.3) is 31.7 Å². The topological polar surface area (TPSA) is 49.3 Å². The lowest BCUT2D eigenvalue weighted by molar-refractivity contribution is 0.0748. The summed E-state index contributed by atoms with van der Waals surface area (Å²) < 4.78 is 1.22. The SMILES string of the molecule is Cc1ccc2sc(N3CCN(C(=O)c4cc(-c5cccs5)nc5ccccc45)CC3)nc2c1C. The average molecular weight is 485 g/mol. The molecule has 2 aromatic carbocycles. The maximum absolute atomic E-state index is 13.7. The van der Waals surface area contributed by atoms with Gasteiger partial charge < -0.3 is 9.80 Å². The predicted octanol–water partition coefficient (Wildman–Crippen LogP) is 6.15. The summed E-state index contributed by atoms with van der Waals surface area (Å²) in [6.07, 6.45) is 0. The Morgan fingerprint density at radius 2 is 1.76 bits per heavy atom. The molecule has 0 atom stereocenters. The van der Waals surface area contributed by atoms with Crippen molar-refractivity contribution in [2.45, 2.75) is 13.8 Å². The van der Waals surface area contributed by atoms with E-state index < -0.39 is 0 Å². The molecule has 0 radical (unpaired) electrons. The second-order valence-corrected chi connectivity index (χ2v) is 10.6. The van der Waals surface area contributed by atoms with E-state index in [0.29, 0.717) is 13.1 Å². The first kappa shape index (κ1) is 21.3. The summed E-state index contributed by atoms with van der Waals surface area (Å²) in [6, 6.07) is 18.3. The third kappa shape index (κ3) is 3.65. The van der Waals surface area contributed by atoms with E-state index in [2.05, 4.69) is 36.9 Å². The molecule has 1 aliphatic rings. The maximum atomic E-state index is 13.7. The van der Waals surface area contributed by atoms with Gasteiger partial charge in [-0.1, -0.05) is 41.7 Å². The number of hydrogen-bond acceptors (Lipinski definition) is 6. The monoisotopic (exact) mass is 484 g/mol. The van der Waals surface area contributed by atoms with Gasteiger partial charge in [-0.05, 0) is 54.6 Å². The highest BCUT2D eigenvalue weighted by Crippen LogP contribution is 2.33. The van der Waals surface area contributed by atoms with Crippen molar-refractivity contribution in [2.75, 3.05) is 31.1 Å². The minimum absolute atomic E-state index is 0.0758. The Bertz CT molecular complexity index is 1520. The normalized spacial score (nSPS) is 14.3. The van der Waals surface area contributed by atoms with E-state index in [1.54, 1.807) is 22.7 Å². The molecule has 1 aliphatic heterocycles. The van der Waals surface area contributed by atoms with E-state index in [-0.39, 0.29) is 5.91 Å². The number of anilines is 1. The van der Waals surface area contributed by atoms with Crippen LogP contribution in [0.4, 0.5) is 5.13 Å². The van der Waals surface area contributed by atoms with Gasteiger partial charge in [-0.2, -0.15) is 0 Å². The summed E-state index contributed by atoms with van der Waals surface area (Å²) in [5, 5.41) is 4.00. The summed E-state index contributed by atoms with van der Waals surface area (Å²) >= 11 is 3.38. The van der Waals surface area contributed by atoms with Crippen molar-refractivity contribution in [3.05, 3.63) is 76.7 Å². The third-order valence-electron chi connectivity index (χ3n) is 6.63. The molecule has 1 fully saturated rings. The number of benzene rings is 2. The lowest BCUT2D eigenvalue weighted by Crippen LogP contribution is -2.48.